The van der Waals surface area contributed by atoms with Crippen molar-refractivity contribution in [2.45, 2.75) is 38.3 Å². The molecule has 0 spiro atoms. The predicted molar refractivity (Wildman–Crippen MR) is 98.6 cm³/mol. The predicted octanol–water partition coefficient (Wildman–Crippen LogP) is 2.87. The van der Waals surface area contributed by atoms with Crippen molar-refractivity contribution in [3.05, 3.63) is 53.3 Å². The lowest BCUT2D eigenvalue weighted by atomic mass is 9.99. The molecule has 0 amide bonds. The van der Waals surface area contributed by atoms with Crippen LogP contribution in [0.25, 0.3) is 0 Å². The number of hydrogen-bond donors (Lipinski definition) is 1. The normalized spacial score (nSPS) is 20.8. The Morgan fingerprint density at radius 1 is 1.08 bits per heavy atom. The Kier molecular flexibility index (Phi) is 5.23. The number of fused-ring (bicyclic) bond motifs is 1. The molecule has 2 heterocycles. The quantitative estimate of drug-likeness (QED) is 0.869. The Morgan fingerprint density at radius 3 is 2.72 bits per heavy atom. The Labute approximate surface area is 149 Å². The number of aryl methyl sites for hydroxylation is 1. The lowest BCUT2D eigenvalue weighted by Crippen LogP contribution is -2.37. The van der Waals surface area contributed by atoms with Crippen molar-refractivity contribution in [2.24, 2.45) is 0 Å². The molecule has 1 N–H and O–H groups in total. The molecule has 1 aromatic heterocycles. The van der Waals surface area contributed by atoms with E-state index in [1.807, 2.05) is 12.4 Å². The van der Waals surface area contributed by atoms with Gasteiger partial charge in [-0.25, -0.2) is 9.97 Å². The molecule has 1 unspecified atom stereocenters. The lowest BCUT2D eigenvalue weighted by Gasteiger charge is -2.26. The number of rotatable bonds is 4. The first-order valence-corrected chi connectivity index (χ1v) is 9.35. The zero-order valence-corrected chi connectivity index (χ0v) is 14.7. The van der Waals surface area contributed by atoms with Crippen LogP contribution in [0.1, 0.15) is 42.0 Å². The van der Waals surface area contributed by atoms with E-state index in [1.54, 1.807) is 0 Å². The summed E-state index contributed by atoms with van der Waals surface area (Å²) >= 11 is 0. The molecule has 1 saturated heterocycles. The molecule has 0 radical (unpaired) electrons. The fraction of sp³-hybridized carbons (Fsp3) is 0.500. The number of anilines is 1. The van der Waals surface area contributed by atoms with Gasteiger partial charge in [0.25, 0.3) is 0 Å². The highest BCUT2D eigenvalue weighted by atomic mass is 16.5. The van der Waals surface area contributed by atoms with E-state index in [0.29, 0.717) is 6.04 Å². The molecule has 0 saturated carbocycles. The Morgan fingerprint density at radius 2 is 1.88 bits per heavy atom. The summed E-state index contributed by atoms with van der Waals surface area (Å²) in [5.74, 6) is 0.812. The smallest absolute Gasteiger partial charge is 0.225 e. The highest BCUT2D eigenvalue weighted by Crippen LogP contribution is 2.28. The number of ether oxygens (including phenoxy) is 1. The van der Waals surface area contributed by atoms with Crippen molar-refractivity contribution >= 4 is 5.95 Å². The summed E-state index contributed by atoms with van der Waals surface area (Å²) in [5, 5.41) is 3.72. The summed E-state index contributed by atoms with van der Waals surface area (Å²) in [6.07, 6.45) is 8.86. The number of hydrogen-bond acceptors (Lipinski definition) is 5. The van der Waals surface area contributed by atoms with Gasteiger partial charge in [0.05, 0.1) is 13.2 Å². The van der Waals surface area contributed by atoms with E-state index in [9.17, 15) is 0 Å². The maximum Gasteiger partial charge on any atom is 0.225 e. The minimum atomic E-state index is 0.428. The van der Waals surface area contributed by atoms with Gasteiger partial charge < -0.3 is 15.0 Å². The summed E-state index contributed by atoms with van der Waals surface area (Å²) in [6, 6.07) is 9.28. The van der Waals surface area contributed by atoms with Gasteiger partial charge >= 0.3 is 0 Å². The van der Waals surface area contributed by atoms with Gasteiger partial charge in [0, 0.05) is 43.6 Å². The summed E-state index contributed by atoms with van der Waals surface area (Å²) in [7, 11) is 0. The molecule has 2 aliphatic rings. The second-order valence-corrected chi connectivity index (χ2v) is 6.87. The van der Waals surface area contributed by atoms with Gasteiger partial charge in [0.2, 0.25) is 5.95 Å². The van der Waals surface area contributed by atoms with Gasteiger partial charge in [-0.15, -0.1) is 0 Å². The summed E-state index contributed by atoms with van der Waals surface area (Å²) in [4.78, 5) is 11.3. The van der Waals surface area contributed by atoms with Crippen molar-refractivity contribution in [3.63, 3.8) is 0 Å². The first kappa shape index (κ1) is 16.5. The van der Waals surface area contributed by atoms with Gasteiger partial charge in [-0.3, -0.25) is 0 Å². The van der Waals surface area contributed by atoms with Gasteiger partial charge in [0.15, 0.2) is 0 Å². The standard InChI is InChI=1S/C20H26N4O/c1-3-7-18-17(5-1)6-2-4-8-19(18)21-13-16-14-22-20(23-15-16)24-9-11-25-12-10-24/h1,3,5,7,14-15,19,21H,2,4,6,8-13H2. The average Bonchev–Trinajstić information content (AvgIpc) is 2.90. The average molecular weight is 338 g/mol. The van der Waals surface area contributed by atoms with E-state index in [2.05, 4.69) is 44.5 Å². The Hall–Kier alpha value is -1.98. The largest absolute Gasteiger partial charge is 0.378 e. The molecule has 5 heteroatoms. The summed E-state index contributed by atoms with van der Waals surface area (Å²) < 4.78 is 5.38. The van der Waals surface area contributed by atoms with Crippen LogP contribution in [0.5, 0.6) is 0 Å². The molecule has 1 aromatic carbocycles. The van der Waals surface area contributed by atoms with Crippen LogP contribution < -0.4 is 10.2 Å². The van der Waals surface area contributed by atoms with Crippen molar-refractivity contribution in [3.8, 4) is 0 Å². The third kappa shape index (κ3) is 3.99. The molecule has 1 aliphatic carbocycles. The van der Waals surface area contributed by atoms with Crippen LogP contribution in [0, 0.1) is 0 Å². The Bertz CT molecular complexity index is 682. The zero-order valence-electron chi connectivity index (χ0n) is 14.7. The molecule has 2 aromatic rings. The van der Waals surface area contributed by atoms with Crippen LogP contribution in [-0.4, -0.2) is 36.3 Å². The van der Waals surface area contributed by atoms with Crippen LogP contribution in [-0.2, 0) is 17.7 Å². The van der Waals surface area contributed by atoms with Gasteiger partial charge in [-0.2, -0.15) is 0 Å². The first-order chi connectivity index (χ1) is 12.4. The lowest BCUT2D eigenvalue weighted by molar-refractivity contribution is 0.122. The van der Waals surface area contributed by atoms with Crippen LogP contribution in [0.4, 0.5) is 5.95 Å². The summed E-state index contributed by atoms with van der Waals surface area (Å²) in [5.41, 5.74) is 4.10. The molecule has 132 valence electrons. The maximum absolute atomic E-state index is 5.38. The number of aromatic nitrogens is 2. The molecule has 1 atom stereocenters. The van der Waals surface area contributed by atoms with E-state index in [0.717, 1.165) is 44.4 Å². The third-order valence-electron chi connectivity index (χ3n) is 5.16. The second kappa shape index (κ2) is 7.93. The summed E-state index contributed by atoms with van der Waals surface area (Å²) in [6.45, 7) is 4.07. The highest BCUT2D eigenvalue weighted by Gasteiger charge is 2.18. The number of benzene rings is 1. The number of nitrogens with zero attached hydrogens (tertiary/aromatic N) is 3. The second-order valence-electron chi connectivity index (χ2n) is 6.87. The van der Waals surface area contributed by atoms with Crippen molar-refractivity contribution in [1.82, 2.24) is 15.3 Å². The topological polar surface area (TPSA) is 50.3 Å². The van der Waals surface area contributed by atoms with Crippen molar-refractivity contribution in [2.75, 3.05) is 31.2 Å². The van der Waals surface area contributed by atoms with Crippen LogP contribution in [0.2, 0.25) is 0 Å². The van der Waals surface area contributed by atoms with Gasteiger partial charge in [0.1, 0.15) is 0 Å². The molecule has 0 bridgehead atoms. The molecule has 5 nitrogen and oxygen atoms in total. The molecule has 1 aliphatic heterocycles. The van der Waals surface area contributed by atoms with Crippen molar-refractivity contribution < 1.29 is 4.74 Å². The van der Waals surface area contributed by atoms with Crippen LogP contribution >= 0.6 is 0 Å². The van der Waals surface area contributed by atoms with Gasteiger partial charge in [-0.1, -0.05) is 30.7 Å². The van der Waals surface area contributed by atoms with E-state index in [-0.39, 0.29) is 0 Å². The van der Waals surface area contributed by atoms with E-state index in [1.165, 1.54) is 36.8 Å². The molecular weight excluding hydrogens is 312 g/mol. The molecule has 4 rings (SSSR count). The third-order valence-corrected chi connectivity index (χ3v) is 5.16. The highest BCUT2D eigenvalue weighted by molar-refractivity contribution is 5.32. The SMILES string of the molecule is c1ccc2c(c1)CCCCC2NCc1cnc(N2CCOCC2)nc1. The minimum Gasteiger partial charge on any atom is -0.378 e. The molecular formula is C20H26N4O. The van der Waals surface area contributed by atoms with E-state index >= 15 is 0 Å². The zero-order chi connectivity index (χ0) is 16.9. The number of nitrogens with one attached hydrogen (secondary N) is 1. The fourth-order valence-corrected chi connectivity index (χ4v) is 3.74. The van der Waals surface area contributed by atoms with Gasteiger partial charge in [-0.05, 0) is 30.4 Å². The minimum absolute atomic E-state index is 0.428. The maximum atomic E-state index is 5.38. The Balaban J connectivity index is 1.39. The number of morpholine rings is 1. The van der Waals surface area contributed by atoms with Crippen molar-refractivity contribution in [1.29, 1.82) is 0 Å². The van der Waals surface area contributed by atoms with E-state index in [4.69, 9.17) is 4.74 Å². The van der Waals surface area contributed by atoms with Crippen LogP contribution in [0.3, 0.4) is 0 Å². The van der Waals surface area contributed by atoms with E-state index < -0.39 is 0 Å². The monoisotopic (exact) mass is 338 g/mol. The fourth-order valence-electron chi connectivity index (χ4n) is 3.74. The van der Waals surface area contributed by atoms with Crippen LogP contribution in [0.15, 0.2) is 36.7 Å². The molecule has 1 fully saturated rings. The molecule has 25 heavy (non-hydrogen) atoms. The first-order valence-electron chi connectivity index (χ1n) is 9.35.